The van der Waals surface area contributed by atoms with Gasteiger partial charge in [0, 0.05) is 44.7 Å². The number of nitrogens with zero attached hydrogens (tertiary/aromatic N) is 5. The molecule has 9 nitrogen and oxygen atoms in total. The van der Waals surface area contributed by atoms with E-state index < -0.39 is 0 Å². The number of hydrogen-bond acceptors (Lipinski definition) is 8. The van der Waals surface area contributed by atoms with Gasteiger partial charge >= 0.3 is 0 Å². The summed E-state index contributed by atoms with van der Waals surface area (Å²) in [5, 5.41) is 13.2. The Labute approximate surface area is 163 Å². The molecule has 0 radical (unpaired) electrons. The number of piperazine rings is 1. The van der Waals surface area contributed by atoms with Crippen LogP contribution in [-0.2, 0) is 11.3 Å². The van der Waals surface area contributed by atoms with Crippen molar-refractivity contribution in [3.63, 3.8) is 0 Å². The molecular weight excluding hydrogens is 362 g/mol. The maximum Gasteiger partial charge on any atom is 0.241 e. The van der Waals surface area contributed by atoms with E-state index in [-0.39, 0.29) is 18.1 Å². The highest BCUT2D eigenvalue weighted by Crippen LogP contribution is 2.32. The Balaban J connectivity index is 1.44. The van der Waals surface area contributed by atoms with Crippen molar-refractivity contribution in [3.05, 3.63) is 24.3 Å². The number of aliphatic hydroxyl groups excluding tert-OH is 1. The van der Waals surface area contributed by atoms with E-state index in [1.54, 1.807) is 23.3 Å². The largest absolute Gasteiger partial charge is 0.461 e. The van der Waals surface area contributed by atoms with Crippen molar-refractivity contribution in [2.75, 3.05) is 46.4 Å². The van der Waals surface area contributed by atoms with E-state index in [4.69, 9.17) is 8.94 Å². The molecule has 2 aliphatic rings. The molecule has 0 aromatic carbocycles. The quantitative estimate of drug-likeness (QED) is 0.803. The van der Waals surface area contributed by atoms with Gasteiger partial charge in [-0.2, -0.15) is 4.98 Å². The first-order valence-corrected chi connectivity index (χ1v) is 9.78. The molecule has 4 rings (SSSR count). The van der Waals surface area contributed by atoms with Gasteiger partial charge in [-0.15, -0.1) is 0 Å². The van der Waals surface area contributed by atoms with E-state index in [0.717, 1.165) is 32.5 Å². The summed E-state index contributed by atoms with van der Waals surface area (Å²) in [6.45, 7) is 4.37. The second kappa shape index (κ2) is 8.02. The molecule has 2 aliphatic heterocycles. The van der Waals surface area contributed by atoms with Crippen molar-refractivity contribution in [3.8, 4) is 11.6 Å². The average molecular weight is 389 g/mol. The average Bonchev–Trinajstić information content (AvgIpc) is 3.35. The molecule has 0 bridgehead atoms. The summed E-state index contributed by atoms with van der Waals surface area (Å²) < 4.78 is 10.7. The molecule has 1 amide bonds. The molecule has 9 heteroatoms. The second-order valence-electron chi connectivity index (χ2n) is 7.70. The topological polar surface area (TPSA) is 99.1 Å². The Hall–Kier alpha value is -2.23. The van der Waals surface area contributed by atoms with Gasteiger partial charge in [-0.3, -0.25) is 14.6 Å². The second-order valence-corrected chi connectivity index (χ2v) is 7.70. The normalized spacial score (nSPS) is 24.8. The van der Waals surface area contributed by atoms with Crippen LogP contribution in [-0.4, -0.2) is 87.8 Å². The molecule has 1 spiro atoms. The Morgan fingerprint density at radius 3 is 2.96 bits per heavy atom. The number of carbonyl (C=O) groups excluding carboxylic acids is 1. The number of carbonyl (C=O) groups is 1. The number of likely N-dealkylation sites (N-methyl/N-ethyl adjacent to an activating group) is 1. The number of furan rings is 1. The third-order valence-electron chi connectivity index (χ3n) is 6.02. The van der Waals surface area contributed by atoms with Crippen molar-refractivity contribution in [1.29, 1.82) is 0 Å². The van der Waals surface area contributed by atoms with Crippen LogP contribution in [0.1, 0.15) is 25.2 Å². The fraction of sp³-hybridized carbons (Fsp3) is 0.632. The summed E-state index contributed by atoms with van der Waals surface area (Å²) in [5.74, 6) is 1.76. The van der Waals surface area contributed by atoms with Crippen LogP contribution in [0.3, 0.4) is 0 Å². The summed E-state index contributed by atoms with van der Waals surface area (Å²) in [4.78, 5) is 23.3. The lowest BCUT2D eigenvalue weighted by atomic mass is 9.86. The fourth-order valence-corrected chi connectivity index (χ4v) is 4.28. The zero-order valence-electron chi connectivity index (χ0n) is 16.2. The van der Waals surface area contributed by atoms with Crippen LogP contribution in [0.5, 0.6) is 0 Å². The highest BCUT2D eigenvalue weighted by Gasteiger charge is 2.42. The van der Waals surface area contributed by atoms with Gasteiger partial charge in [0.2, 0.25) is 17.6 Å². The molecule has 2 aromatic heterocycles. The highest BCUT2D eigenvalue weighted by molar-refractivity contribution is 5.76. The molecule has 28 heavy (non-hydrogen) atoms. The summed E-state index contributed by atoms with van der Waals surface area (Å²) >= 11 is 0. The van der Waals surface area contributed by atoms with Crippen molar-refractivity contribution in [2.24, 2.45) is 0 Å². The number of aliphatic hydroxyl groups is 1. The zero-order chi connectivity index (χ0) is 19.6. The van der Waals surface area contributed by atoms with E-state index in [1.807, 2.05) is 0 Å². The number of likely N-dealkylation sites (tertiary alicyclic amines) is 1. The van der Waals surface area contributed by atoms with Crippen LogP contribution in [0.4, 0.5) is 0 Å². The predicted octanol–water partition coefficient (Wildman–Crippen LogP) is 0.821. The van der Waals surface area contributed by atoms with Gasteiger partial charge in [0.15, 0.2) is 5.76 Å². The Morgan fingerprint density at radius 1 is 1.29 bits per heavy atom. The van der Waals surface area contributed by atoms with Gasteiger partial charge in [-0.25, -0.2) is 0 Å². The van der Waals surface area contributed by atoms with E-state index in [2.05, 4.69) is 27.0 Å². The van der Waals surface area contributed by atoms with Crippen molar-refractivity contribution < 1.29 is 18.8 Å². The SMILES string of the molecule is CN1CCN(Cc2nc(-c3ccco3)no2)C[C@]12CCC(=O)N(CCO)CC2. The van der Waals surface area contributed by atoms with Gasteiger partial charge in [0.1, 0.15) is 0 Å². The van der Waals surface area contributed by atoms with Crippen LogP contribution in [0.15, 0.2) is 27.3 Å². The standard InChI is InChI=1S/C19H27N5O4/c1-22-8-9-23(13-16-20-18(21-28-16)15-3-2-12-27-15)14-19(22)5-4-17(26)24(7-6-19)10-11-25/h2-3,12,25H,4-11,13-14H2,1H3/t19-/m1/s1. The summed E-state index contributed by atoms with van der Waals surface area (Å²) in [5.41, 5.74) is -0.0536. The highest BCUT2D eigenvalue weighted by atomic mass is 16.5. The molecule has 152 valence electrons. The number of hydrogen-bond donors (Lipinski definition) is 1. The van der Waals surface area contributed by atoms with Gasteiger partial charge in [-0.1, -0.05) is 5.16 Å². The van der Waals surface area contributed by atoms with Crippen molar-refractivity contribution in [2.45, 2.75) is 31.3 Å². The number of rotatable bonds is 5. The Bertz CT molecular complexity index is 792. The molecule has 0 unspecified atom stereocenters. The zero-order valence-corrected chi connectivity index (χ0v) is 16.2. The van der Waals surface area contributed by atoms with E-state index in [1.165, 1.54) is 0 Å². The lowest BCUT2D eigenvalue weighted by Gasteiger charge is -2.49. The molecule has 1 N–H and O–H groups in total. The first kappa shape index (κ1) is 19.1. The van der Waals surface area contributed by atoms with Crippen LogP contribution in [0.25, 0.3) is 11.6 Å². The Kier molecular flexibility index (Phi) is 5.47. The van der Waals surface area contributed by atoms with Crippen LogP contribution < -0.4 is 0 Å². The minimum absolute atomic E-state index is 0.00979. The molecule has 0 saturated carbocycles. The third kappa shape index (κ3) is 3.82. The summed E-state index contributed by atoms with van der Waals surface area (Å²) in [6.07, 6.45) is 3.82. The number of aromatic nitrogens is 2. The monoisotopic (exact) mass is 389 g/mol. The Morgan fingerprint density at radius 2 is 2.18 bits per heavy atom. The smallest absolute Gasteiger partial charge is 0.241 e. The number of β-amino-alcohol motifs (C(OH)–C–C–N with tert-alkyl or cyclic N) is 1. The van der Waals surface area contributed by atoms with Crippen molar-refractivity contribution in [1.82, 2.24) is 24.8 Å². The first-order valence-electron chi connectivity index (χ1n) is 9.78. The van der Waals surface area contributed by atoms with Crippen LogP contribution in [0.2, 0.25) is 0 Å². The summed E-state index contributed by atoms with van der Waals surface area (Å²) in [7, 11) is 2.14. The minimum Gasteiger partial charge on any atom is -0.461 e. The molecule has 0 aliphatic carbocycles. The molecule has 2 fully saturated rings. The molecule has 1 atom stereocenters. The van der Waals surface area contributed by atoms with Gasteiger partial charge in [-0.05, 0) is 32.0 Å². The van der Waals surface area contributed by atoms with E-state index in [0.29, 0.717) is 43.5 Å². The molecule has 2 saturated heterocycles. The third-order valence-corrected chi connectivity index (χ3v) is 6.02. The lowest BCUT2D eigenvalue weighted by Crippen LogP contribution is -2.60. The first-order chi connectivity index (χ1) is 13.6. The summed E-state index contributed by atoms with van der Waals surface area (Å²) in [6, 6.07) is 3.60. The molecule has 4 heterocycles. The van der Waals surface area contributed by atoms with E-state index >= 15 is 0 Å². The lowest BCUT2D eigenvalue weighted by molar-refractivity contribution is -0.131. The number of amides is 1. The van der Waals surface area contributed by atoms with Gasteiger partial charge in [0.25, 0.3) is 0 Å². The maximum absolute atomic E-state index is 12.4. The minimum atomic E-state index is -0.0536. The van der Waals surface area contributed by atoms with Crippen LogP contribution in [0, 0.1) is 0 Å². The fourth-order valence-electron chi connectivity index (χ4n) is 4.28. The van der Waals surface area contributed by atoms with E-state index in [9.17, 15) is 9.90 Å². The predicted molar refractivity (Wildman–Crippen MR) is 100 cm³/mol. The van der Waals surface area contributed by atoms with Crippen molar-refractivity contribution >= 4 is 5.91 Å². The maximum atomic E-state index is 12.4. The molecular formula is C19H27N5O4. The molecule has 2 aromatic rings. The van der Waals surface area contributed by atoms with Gasteiger partial charge < -0.3 is 18.9 Å². The van der Waals surface area contributed by atoms with Crippen LogP contribution >= 0.6 is 0 Å². The van der Waals surface area contributed by atoms with Gasteiger partial charge in [0.05, 0.1) is 19.4 Å².